The smallest absolute Gasteiger partial charge is 0.160 e. The molecule has 1 fully saturated rings. The van der Waals surface area contributed by atoms with Crippen molar-refractivity contribution in [3.8, 4) is 0 Å². The van der Waals surface area contributed by atoms with E-state index in [1.807, 2.05) is 12.3 Å². The molecule has 0 aliphatic heterocycles. The summed E-state index contributed by atoms with van der Waals surface area (Å²) in [6.45, 7) is 6.78. The van der Waals surface area contributed by atoms with Gasteiger partial charge in [-0.1, -0.05) is 20.8 Å². The molecule has 0 atom stereocenters. The Morgan fingerprint density at radius 2 is 2.12 bits per heavy atom. The van der Waals surface area contributed by atoms with E-state index in [0.717, 1.165) is 17.6 Å². The predicted octanol–water partition coefficient (Wildman–Crippen LogP) is 3.35. The molecule has 0 bridgehead atoms. The lowest BCUT2D eigenvalue weighted by Gasteiger charge is -2.18. The zero-order valence-electron chi connectivity index (χ0n) is 10.8. The quantitative estimate of drug-likeness (QED) is 0.790. The molecule has 0 amide bonds. The van der Waals surface area contributed by atoms with Crippen molar-refractivity contribution >= 4 is 11.2 Å². The molecule has 0 unspecified atom stereocenters. The molecule has 3 nitrogen and oxygen atoms in total. The fourth-order valence-corrected chi connectivity index (χ4v) is 2.29. The summed E-state index contributed by atoms with van der Waals surface area (Å²) in [7, 11) is 0. The Labute approximate surface area is 102 Å². The molecule has 0 spiro atoms. The molecule has 90 valence electrons. The van der Waals surface area contributed by atoms with Crippen LogP contribution in [0.4, 0.5) is 0 Å². The summed E-state index contributed by atoms with van der Waals surface area (Å²) < 4.78 is 2.36. The van der Waals surface area contributed by atoms with Gasteiger partial charge in [-0.15, -0.1) is 0 Å². The number of pyridine rings is 1. The molecule has 1 aliphatic rings. The summed E-state index contributed by atoms with van der Waals surface area (Å²) in [5.41, 5.74) is 2.38. The Kier molecular flexibility index (Phi) is 2.25. The first-order chi connectivity index (χ1) is 8.04. The van der Waals surface area contributed by atoms with Crippen LogP contribution in [0.15, 0.2) is 18.3 Å². The zero-order chi connectivity index (χ0) is 12.0. The van der Waals surface area contributed by atoms with Gasteiger partial charge in [-0.3, -0.25) is 0 Å². The van der Waals surface area contributed by atoms with Gasteiger partial charge < -0.3 is 4.57 Å². The van der Waals surface area contributed by atoms with Gasteiger partial charge in [0.25, 0.3) is 0 Å². The third-order valence-electron chi connectivity index (χ3n) is 3.12. The zero-order valence-corrected chi connectivity index (χ0v) is 10.8. The van der Waals surface area contributed by atoms with E-state index in [0.29, 0.717) is 6.04 Å². The lowest BCUT2D eigenvalue weighted by Crippen LogP contribution is -2.14. The SMILES string of the molecule is CC(C)(C)Cc1nc2cccnc2n1C1CC1. The third-order valence-corrected chi connectivity index (χ3v) is 3.12. The number of rotatable bonds is 2. The fourth-order valence-electron chi connectivity index (χ4n) is 2.29. The summed E-state index contributed by atoms with van der Waals surface area (Å²) in [5, 5.41) is 0. The van der Waals surface area contributed by atoms with Gasteiger partial charge in [0.05, 0.1) is 0 Å². The minimum Gasteiger partial charge on any atom is -0.310 e. The first-order valence-corrected chi connectivity index (χ1v) is 6.36. The first-order valence-electron chi connectivity index (χ1n) is 6.36. The van der Waals surface area contributed by atoms with Gasteiger partial charge in [0, 0.05) is 18.7 Å². The summed E-state index contributed by atoms with van der Waals surface area (Å²) >= 11 is 0. The summed E-state index contributed by atoms with van der Waals surface area (Å²) in [4.78, 5) is 9.25. The van der Waals surface area contributed by atoms with Crippen LogP contribution >= 0.6 is 0 Å². The Morgan fingerprint density at radius 1 is 1.35 bits per heavy atom. The number of hydrogen-bond acceptors (Lipinski definition) is 2. The minimum atomic E-state index is 0.272. The molecule has 3 heteroatoms. The van der Waals surface area contributed by atoms with Crippen molar-refractivity contribution in [2.45, 2.75) is 46.1 Å². The van der Waals surface area contributed by atoms with Crippen molar-refractivity contribution < 1.29 is 0 Å². The van der Waals surface area contributed by atoms with Crippen molar-refractivity contribution in [1.29, 1.82) is 0 Å². The van der Waals surface area contributed by atoms with Gasteiger partial charge >= 0.3 is 0 Å². The second-order valence-corrected chi connectivity index (χ2v) is 6.21. The number of fused-ring (bicyclic) bond motifs is 1. The average molecular weight is 229 g/mol. The Bertz CT molecular complexity index is 544. The summed E-state index contributed by atoms with van der Waals surface area (Å²) in [6, 6.07) is 4.67. The molecule has 0 aromatic carbocycles. The molecular weight excluding hydrogens is 210 g/mol. The highest BCUT2D eigenvalue weighted by Crippen LogP contribution is 2.39. The Morgan fingerprint density at radius 3 is 2.76 bits per heavy atom. The van der Waals surface area contributed by atoms with Crippen LogP contribution in [0.5, 0.6) is 0 Å². The average Bonchev–Trinajstić information content (AvgIpc) is 2.98. The van der Waals surface area contributed by atoms with Crippen molar-refractivity contribution in [3.63, 3.8) is 0 Å². The topological polar surface area (TPSA) is 30.7 Å². The van der Waals surface area contributed by atoms with Crippen LogP contribution < -0.4 is 0 Å². The highest BCUT2D eigenvalue weighted by atomic mass is 15.2. The molecule has 2 aromatic heterocycles. The molecule has 1 saturated carbocycles. The summed E-state index contributed by atoms with van der Waals surface area (Å²) in [5.74, 6) is 1.20. The number of aromatic nitrogens is 3. The maximum absolute atomic E-state index is 4.76. The van der Waals surface area contributed by atoms with Crippen LogP contribution in [0, 0.1) is 5.41 Å². The van der Waals surface area contributed by atoms with E-state index in [2.05, 4.69) is 36.4 Å². The molecule has 0 radical (unpaired) electrons. The first kappa shape index (κ1) is 10.8. The van der Waals surface area contributed by atoms with E-state index >= 15 is 0 Å². The molecule has 17 heavy (non-hydrogen) atoms. The van der Waals surface area contributed by atoms with Gasteiger partial charge in [0.1, 0.15) is 11.3 Å². The van der Waals surface area contributed by atoms with Gasteiger partial charge in [-0.25, -0.2) is 9.97 Å². The highest BCUT2D eigenvalue weighted by Gasteiger charge is 2.29. The van der Waals surface area contributed by atoms with E-state index in [1.165, 1.54) is 18.7 Å². The van der Waals surface area contributed by atoms with Crippen LogP contribution in [-0.2, 0) is 6.42 Å². The largest absolute Gasteiger partial charge is 0.310 e. The molecule has 2 aromatic rings. The normalized spacial score (nSPS) is 16.6. The van der Waals surface area contributed by atoms with E-state index in [9.17, 15) is 0 Å². The van der Waals surface area contributed by atoms with E-state index in [1.54, 1.807) is 0 Å². The monoisotopic (exact) mass is 229 g/mol. The Hall–Kier alpha value is -1.38. The van der Waals surface area contributed by atoms with E-state index < -0.39 is 0 Å². The summed E-state index contributed by atoms with van der Waals surface area (Å²) in [6.07, 6.45) is 5.43. The van der Waals surface area contributed by atoms with Crippen LogP contribution in [-0.4, -0.2) is 14.5 Å². The van der Waals surface area contributed by atoms with Crippen LogP contribution in [0.3, 0.4) is 0 Å². The Balaban J connectivity index is 2.13. The van der Waals surface area contributed by atoms with Crippen molar-refractivity contribution in [2.75, 3.05) is 0 Å². The number of imidazole rings is 1. The van der Waals surface area contributed by atoms with Crippen molar-refractivity contribution in [3.05, 3.63) is 24.2 Å². The molecular formula is C14H19N3. The van der Waals surface area contributed by atoms with Crippen LogP contribution in [0.25, 0.3) is 11.2 Å². The van der Waals surface area contributed by atoms with Gasteiger partial charge in [0.2, 0.25) is 0 Å². The van der Waals surface area contributed by atoms with Crippen LogP contribution in [0.2, 0.25) is 0 Å². The predicted molar refractivity (Wildman–Crippen MR) is 69.0 cm³/mol. The minimum absolute atomic E-state index is 0.272. The van der Waals surface area contributed by atoms with Gasteiger partial charge in [-0.2, -0.15) is 0 Å². The van der Waals surface area contributed by atoms with Crippen molar-refractivity contribution in [2.24, 2.45) is 5.41 Å². The van der Waals surface area contributed by atoms with Crippen molar-refractivity contribution in [1.82, 2.24) is 14.5 Å². The lowest BCUT2D eigenvalue weighted by atomic mass is 9.92. The molecule has 2 heterocycles. The molecule has 3 rings (SSSR count). The molecule has 0 N–H and O–H groups in total. The van der Waals surface area contributed by atoms with E-state index in [4.69, 9.17) is 4.98 Å². The van der Waals surface area contributed by atoms with Gasteiger partial charge in [-0.05, 0) is 30.4 Å². The van der Waals surface area contributed by atoms with E-state index in [-0.39, 0.29) is 5.41 Å². The second-order valence-electron chi connectivity index (χ2n) is 6.21. The standard InChI is InChI=1S/C14H19N3/c1-14(2,3)9-12-16-11-5-4-8-15-13(11)17(12)10-6-7-10/h4-5,8,10H,6-7,9H2,1-3H3. The molecule has 0 saturated heterocycles. The fraction of sp³-hybridized carbons (Fsp3) is 0.571. The highest BCUT2D eigenvalue weighted by molar-refractivity contribution is 5.71. The number of nitrogens with zero attached hydrogens (tertiary/aromatic N) is 3. The van der Waals surface area contributed by atoms with Crippen LogP contribution in [0.1, 0.15) is 45.5 Å². The molecule has 1 aliphatic carbocycles. The lowest BCUT2D eigenvalue weighted by molar-refractivity contribution is 0.393. The third kappa shape index (κ3) is 2.06. The van der Waals surface area contributed by atoms with Gasteiger partial charge in [0.15, 0.2) is 5.65 Å². The number of hydrogen-bond donors (Lipinski definition) is 0. The second kappa shape index (κ2) is 3.56. The maximum Gasteiger partial charge on any atom is 0.160 e. The maximum atomic E-state index is 4.76.